The summed E-state index contributed by atoms with van der Waals surface area (Å²) >= 11 is 0. The van der Waals surface area contributed by atoms with Gasteiger partial charge in [0.1, 0.15) is 5.75 Å². The first-order valence-corrected chi connectivity index (χ1v) is 10.7. The van der Waals surface area contributed by atoms with Gasteiger partial charge in [0.25, 0.3) is 11.5 Å². The molecule has 1 fully saturated rings. The topological polar surface area (TPSA) is 56.5 Å². The van der Waals surface area contributed by atoms with Crippen LogP contribution in [-0.2, 0) is 11.3 Å². The van der Waals surface area contributed by atoms with Gasteiger partial charge in [-0.2, -0.15) is 0 Å². The summed E-state index contributed by atoms with van der Waals surface area (Å²) in [5, 5.41) is 1.03. The Labute approximate surface area is 175 Å². The second-order valence-electron chi connectivity index (χ2n) is 8.79. The van der Waals surface area contributed by atoms with Crippen molar-refractivity contribution in [1.82, 2.24) is 14.0 Å². The molecule has 4 heterocycles. The van der Waals surface area contributed by atoms with E-state index in [-0.39, 0.29) is 24.0 Å². The zero-order valence-corrected chi connectivity index (χ0v) is 17.5. The third-order valence-electron chi connectivity index (χ3n) is 6.46. The molecule has 0 radical (unpaired) electrons. The van der Waals surface area contributed by atoms with Crippen LogP contribution in [0.4, 0.5) is 0 Å². The molecule has 1 amide bonds. The standard InChI is InChI=1S/C24H27N3O3/c1-16(2)26-10-9-19-21(26)6-3-7-22(19)30-15-24(29)25-12-17-11-18(14-25)20-5-4-8-23(28)27(20)13-17/h3-10,16-18H,11-15H2,1-2H3/t17-,18+/m0/s1. The summed E-state index contributed by atoms with van der Waals surface area (Å²) in [7, 11) is 0. The number of nitrogens with zero attached hydrogens (tertiary/aromatic N) is 3. The van der Waals surface area contributed by atoms with Crippen LogP contribution in [-0.4, -0.2) is 39.6 Å². The van der Waals surface area contributed by atoms with Crippen molar-refractivity contribution in [3.05, 3.63) is 64.7 Å². The van der Waals surface area contributed by atoms with E-state index < -0.39 is 0 Å². The van der Waals surface area contributed by atoms with E-state index in [1.807, 2.05) is 33.7 Å². The predicted octanol–water partition coefficient (Wildman–Crippen LogP) is 3.41. The molecule has 156 valence electrons. The van der Waals surface area contributed by atoms with E-state index in [1.54, 1.807) is 6.07 Å². The number of benzene rings is 1. The van der Waals surface area contributed by atoms with Crippen molar-refractivity contribution in [2.45, 2.75) is 38.8 Å². The molecule has 1 aromatic carbocycles. The number of carbonyl (C=O) groups is 1. The van der Waals surface area contributed by atoms with Gasteiger partial charge in [-0.15, -0.1) is 0 Å². The third kappa shape index (κ3) is 3.20. The zero-order chi connectivity index (χ0) is 20.8. The van der Waals surface area contributed by atoms with Gasteiger partial charge in [0.15, 0.2) is 6.61 Å². The maximum Gasteiger partial charge on any atom is 0.260 e. The minimum atomic E-state index is 0.0109. The van der Waals surface area contributed by atoms with E-state index in [0.29, 0.717) is 31.6 Å². The van der Waals surface area contributed by atoms with Crippen molar-refractivity contribution in [1.29, 1.82) is 0 Å². The Balaban J connectivity index is 1.31. The number of likely N-dealkylation sites (tertiary alicyclic amines) is 1. The molecule has 2 aliphatic heterocycles. The number of hydrogen-bond donors (Lipinski definition) is 0. The van der Waals surface area contributed by atoms with E-state index in [1.165, 1.54) is 0 Å². The number of aromatic nitrogens is 2. The second-order valence-corrected chi connectivity index (χ2v) is 8.79. The van der Waals surface area contributed by atoms with Gasteiger partial charge in [0.05, 0.1) is 5.52 Å². The summed E-state index contributed by atoms with van der Waals surface area (Å²) in [6.07, 6.45) is 3.10. The smallest absolute Gasteiger partial charge is 0.260 e. The summed E-state index contributed by atoms with van der Waals surface area (Å²) in [6, 6.07) is 13.9. The van der Waals surface area contributed by atoms with E-state index in [9.17, 15) is 9.59 Å². The van der Waals surface area contributed by atoms with Gasteiger partial charge in [0, 0.05) is 54.9 Å². The molecule has 3 aromatic rings. The highest BCUT2D eigenvalue weighted by Gasteiger charge is 2.36. The monoisotopic (exact) mass is 405 g/mol. The number of hydrogen-bond acceptors (Lipinski definition) is 3. The lowest BCUT2D eigenvalue weighted by Gasteiger charge is -2.42. The molecule has 2 aromatic heterocycles. The van der Waals surface area contributed by atoms with Gasteiger partial charge in [-0.05, 0) is 50.5 Å². The molecule has 1 saturated heterocycles. The van der Waals surface area contributed by atoms with E-state index in [2.05, 4.69) is 36.7 Å². The molecule has 2 bridgehead atoms. The molecule has 6 nitrogen and oxygen atoms in total. The molecule has 0 saturated carbocycles. The molecule has 0 spiro atoms. The average Bonchev–Trinajstić information content (AvgIpc) is 3.18. The largest absolute Gasteiger partial charge is 0.483 e. The van der Waals surface area contributed by atoms with Gasteiger partial charge in [0.2, 0.25) is 0 Å². The quantitative estimate of drug-likeness (QED) is 0.668. The van der Waals surface area contributed by atoms with E-state index in [0.717, 1.165) is 28.8 Å². The predicted molar refractivity (Wildman–Crippen MR) is 116 cm³/mol. The average molecular weight is 405 g/mol. The van der Waals surface area contributed by atoms with Gasteiger partial charge in [-0.25, -0.2) is 0 Å². The molecular weight excluding hydrogens is 378 g/mol. The molecule has 2 aliphatic rings. The number of rotatable bonds is 4. The summed E-state index contributed by atoms with van der Waals surface area (Å²) < 4.78 is 10.1. The van der Waals surface area contributed by atoms with Crippen molar-refractivity contribution < 1.29 is 9.53 Å². The number of piperidine rings is 1. The van der Waals surface area contributed by atoms with Crippen LogP contribution in [0.2, 0.25) is 0 Å². The number of ether oxygens (including phenoxy) is 1. The van der Waals surface area contributed by atoms with Crippen molar-refractivity contribution in [3.63, 3.8) is 0 Å². The second kappa shape index (κ2) is 7.35. The van der Waals surface area contributed by atoms with Crippen LogP contribution in [0.3, 0.4) is 0 Å². The van der Waals surface area contributed by atoms with Crippen LogP contribution in [0.15, 0.2) is 53.5 Å². The first kappa shape index (κ1) is 19.0. The molecule has 0 unspecified atom stereocenters. The Bertz CT molecular complexity index is 1160. The number of amides is 1. The number of fused-ring (bicyclic) bond motifs is 5. The van der Waals surface area contributed by atoms with Crippen LogP contribution in [0, 0.1) is 5.92 Å². The van der Waals surface area contributed by atoms with Gasteiger partial charge >= 0.3 is 0 Å². The third-order valence-corrected chi connectivity index (χ3v) is 6.46. The van der Waals surface area contributed by atoms with Crippen LogP contribution in [0.1, 0.15) is 37.9 Å². The highest BCUT2D eigenvalue weighted by molar-refractivity contribution is 5.87. The van der Waals surface area contributed by atoms with Gasteiger partial charge in [-0.1, -0.05) is 12.1 Å². The lowest BCUT2D eigenvalue weighted by atomic mass is 9.83. The first-order valence-electron chi connectivity index (χ1n) is 10.7. The fraction of sp³-hybridized carbons (Fsp3) is 0.417. The summed E-state index contributed by atoms with van der Waals surface area (Å²) in [5.74, 6) is 1.30. The van der Waals surface area contributed by atoms with Crippen molar-refractivity contribution in [2.24, 2.45) is 5.92 Å². The molecule has 0 N–H and O–H groups in total. The molecular formula is C24H27N3O3. The minimum Gasteiger partial charge on any atom is -0.483 e. The van der Waals surface area contributed by atoms with Gasteiger partial charge in [-0.3, -0.25) is 9.59 Å². The Hall–Kier alpha value is -3.02. The highest BCUT2D eigenvalue weighted by Crippen LogP contribution is 2.35. The van der Waals surface area contributed by atoms with Crippen LogP contribution >= 0.6 is 0 Å². The fourth-order valence-electron chi connectivity index (χ4n) is 5.07. The lowest BCUT2D eigenvalue weighted by Crippen LogP contribution is -2.50. The van der Waals surface area contributed by atoms with Crippen molar-refractivity contribution >= 4 is 16.8 Å². The SMILES string of the molecule is CC(C)n1ccc2c(OCC(=O)N3C[C@@H]4C[C@H](C3)c3cccc(=O)n3C4)cccc21. The van der Waals surface area contributed by atoms with Crippen molar-refractivity contribution in [2.75, 3.05) is 19.7 Å². The lowest BCUT2D eigenvalue weighted by molar-refractivity contribution is -0.136. The minimum absolute atomic E-state index is 0.0109. The molecule has 0 aliphatic carbocycles. The molecule has 30 heavy (non-hydrogen) atoms. The molecule has 5 rings (SSSR count). The van der Waals surface area contributed by atoms with Crippen LogP contribution < -0.4 is 10.3 Å². The number of pyridine rings is 1. The molecule has 6 heteroatoms. The zero-order valence-electron chi connectivity index (χ0n) is 17.5. The van der Waals surface area contributed by atoms with E-state index >= 15 is 0 Å². The Morgan fingerprint density at radius 2 is 1.93 bits per heavy atom. The fourth-order valence-corrected chi connectivity index (χ4v) is 5.07. The van der Waals surface area contributed by atoms with E-state index in [4.69, 9.17) is 4.74 Å². The maximum atomic E-state index is 13.0. The summed E-state index contributed by atoms with van der Waals surface area (Å²) in [6.45, 7) is 6.36. The highest BCUT2D eigenvalue weighted by atomic mass is 16.5. The number of carbonyl (C=O) groups excluding carboxylic acids is 1. The van der Waals surface area contributed by atoms with Gasteiger partial charge < -0.3 is 18.8 Å². The Morgan fingerprint density at radius 3 is 2.77 bits per heavy atom. The Morgan fingerprint density at radius 1 is 1.10 bits per heavy atom. The van der Waals surface area contributed by atoms with Crippen molar-refractivity contribution in [3.8, 4) is 5.75 Å². The molecule has 2 atom stereocenters. The first-order chi connectivity index (χ1) is 14.5. The summed E-state index contributed by atoms with van der Waals surface area (Å²) in [4.78, 5) is 27.1. The Kier molecular flexibility index (Phi) is 4.65. The summed E-state index contributed by atoms with van der Waals surface area (Å²) in [5.41, 5.74) is 2.23. The maximum absolute atomic E-state index is 13.0. The van der Waals surface area contributed by atoms with Crippen LogP contribution in [0.5, 0.6) is 5.75 Å². The van der Waals surface area contributed by atoms with Crippen LogP contribution in [0.25, 0.3) is 10.9 Å². The normalized spacial score (nSPS) is 20.4.